The Labute approximate surface area is 136 Å². The molecule has 124 valence electrons. The van der Waals surface area contributed by atoms with E-state index in [9.17, 15) is 0 Å². The summed E-state index contributed by atoms with van der Waals surface area (Å²) in [4.78, 5) is 0. The molecule has 0 aliphatic heterocycles. The van der Waals surface area contributed by atoms with Crippen molar-refractivity contribution in [2.45, 2.75) is 114 Å². The van der Waals surface area contributed by atoms with Crippen molar-refractivity contribution in [1.82, 2.24) is 0 Å². The molecule has 0 N–H and O–H groups in total. The van der Waals surface area contributed by atoms with Crippen molar-refractivity contribution in [3.8, 4) is 0 Å². The number of unbranched alkanes of at least 4 members (excludes halogenated alkanes) is 2. The molecular weight excluding hydrogens is 288 g/mol. The summed E-state index contributed by atoms with van der Waals surface area (Å²) in [6.07, 6.45) is 17.6. The smallest absolute Gasteiger partial charge is 0.166 e. The van der Waals surface area contributed by atoms with E-state index in [4.69, 9.17) is 4.12 Å². The van der Waals surface area contributed by atoms with Crippen LogP contribution in [0.4, 0.5) is 0 Å². The summed E-state index contributed by atoms with van der Waals surface area (Å²) in [6, 6.07) is 2.98. The molecule has 2 atom stereocenters. The van der Waals surface area contributed by atoms with Gasteiger partial charge in [0, 0.05) is 0 Å². The van der Waals surface area contributed by atoms with Crippen LogP contribution in [0.25, 0.3) is 0 Å². The van der Waals surface area contributed by atoms with E-state index in [1.165, 1.54) is 89.1 Å². The Kier molecular flexibility index (Phi) is 8.64. The highest BCUT2D eigenvalue weighted by Crippen LogP contribution is 2.39. The van der Waals surface area contributed by atoms with Crippen LogP contribution in [0.1, 0.15) is 90.9 Å². The van der Waals surface area contributed by atoms with Gasteiger partial charge in [-0.15, -0.1) is 0 Å². The second-order valence-electron chi connectivity index (χ2n) is 7.59. The predicted octanol–water partition coefficient (Wildman–Crippen LogP) is 5.94. The third-order valence-electron chi connectivity index (χ3n) is 5.89. The molecule has 21 heavy (non-hydrogen) atoms. The summed E-state index contributed by atoms with van der Waals surface area (Å²) in [5, 5.41) is 0. The maximum atomic E-state index is 7.10. The van der Waals surface area contributed by atoms with Crippen LogP contribution in [0, 0.1) is 0 Å². The maximum Gasteiger partial charge on any atom is 0.166 e. The minimum atomic E-state index is -0.899. The van der Waals surface area contributed by atoms with E-state index in [2.05, 4.69) is 13.8 Å². The fourth-order valence-corrected chi connectivity index (χ4v) is 14.2. The van der Waals surface area contributed by atoms with Gasteiger partial charge in [0.2, 0.25) is 0 Å². The van der Waals surface area contributed by atoms with E-state index in [0.717, 1.165) is 11.1 Å². The molecule has 2 unspecified atom stereocenters. The Morgan fingerprint density at radius 1 is 0.714 bits per heavy atom. The van der Waals surface area contributed by atoms with Gasteiger partial charge in [0.15, 0.2) is 18.1 Å². The average Bonchev–Trinajstić information content (AvgIpc) is 3.19. The van der Waals surface area contributed by atoms with Gasteiger partial charge in [-0.3, -0.25) is 0 Å². The highest BCUT2D eigenvalue weighted by atomic mass is 28.4. The van der Waals surface area contributed by atoms with Crippen LogP contribution in [0.15, 0.2) is 0 Å². The van der Waals surface area contributed by atoms with Crippen LogP contribution < -0.4 is 0 Å². The number of hydrogen-bond donors (Lipinski definition) is 0. The van der Waals surface area contributed by atoms with Crippen molar-refractivity contribution in [2.75, 3.05) is 0 Å². The third-order valence-corrected chi connectivity index (χ3v) is 14.1. The zero-order valence-electron chi connectivity index (χ0n) is 14.6. The molecule has 0 spiro atoms. The van der Waals surface area contributed by atoms with Crippen LogP contribution in [0.2, 0.25) is 23.2 Å². The van der Waals surface area contributed by atoms with Gasteiger partial charge >= 0.3 is 0 Å². The lowest BCUT2D eigenvalue weighted by molar-refractivity contribution is 0.515. The highest BCUT2D eigenvalue weighted by Gasteiger charge is 2.33. The number of hydrogen-bond acceptors (Lipinski definition) is 1. The van der Waals surface area contributed by atoms with Crippen LogP contribution in [-0.2, 0) is 4.12 Å². The zero-order valence-corrected chi connectivity index (χ0v) is 16.9. The predicted molar refractivity (Wildman–Crippen MR) is 99.2 cm³/mol. The van der Waals surface area contributed by atoms with Crippen LogP contribution >= 0.6 is 0 Å². The molecule has 2 fully saturated rings. The van der Waals surface area contributed by atoms with Gasteiger partial charge in [-0.2, -0.15) is 0 Å². The first-order chi connectivity index (χ1) is 10.3. The van der Waals surface area contributed by atoms with Gasteiger partial charge in [0.25, 0.3) is 0 Å². The van der Waals surface area contributed by atoms with E-state index >= 15 is 0 Å². The second-order valence-corrected chi connectivity index (χ2v) is 13.9. The lowest BCUT2D eigenvalue weighted by Gasteiger charge is -2.31. The normalized spacial score (nSPS) is 23.7. The van der Waals surface area contributed by atoms with Crippen molar-refractivity contribution in [3.63, 3.8) is 0 Å². The Hall–Kier alpha value is 0.394. The molecule has 2 aliphatic rings. The molecule has 0 saturated heterocycles. The molecule has 2 rings (SSSR count). The largest absolute Gasteiger partial charge is 0.459 e. The van der Waals surface area contributed by atoms with E-state index < -0.39 is 18.1 Å². The summed E-state index contributed by atoms with van der Waals surface area (Å²) in [5.74, 6) is 0. The van der Waals surface area contributed by atoms with Gasteiger partial charge < -0.3 is 4.12 Å². The lowest BCUT2D eigenvalue weighted by Crippen LogP contribution is -2.35. The SMILES string of the molecule is CCCC[SiH](O[SiH](CCCC)C1CCCC1)C1CCCC1. The molecule has 0 amide bonds. The molecule has 3 heteroatoms. The molecule has 1 nitrogen and oxygen atoms in total. The first kappa shape index (κ1) is 17.7. The van der Waals surface area contributed by atoms with Crippen LogP contribution in [0.5, 0.6) is 0 Å². The van der Waals surface area contributed by atoms with Gasteiger partial charge in [-0.25, -0.2) is 0 Å². The van der Waals surface area contributed by atoms with E-state index in [1.807, 2.05) is 0 Å². The fourth-order valence-electron chi connectivity index (χ4n) is 4.52. The van der Waals surface area contributed by atoms with E-state index in [1.54, 1.807) is 0 Å². The molecular formula is C18H38OSi2. The molecule has 0 bridgehead atoms. The van der Waals surface area contributed by atoms with Crippen molar-refractivity contribution >= 4 is 18.1 Å². The molecule has 0 aromatic carbocycles. The molecule has 0 heterocycles. The first-order valence-electron chi connectivity index (χ1n) is 10.0. The summed E-state index contributed by atoms with van der Waals surface area (Å²) >= 11 is 0. The summed E-state index contributed by atoms with van der Waals surface area (Å²) < 4.78 is 7.10. The topological polar surface area (TPSA) is 9.23 Å². The van der Waals surface area contributed by atoms with Gasteiger partial charge in [0.05, 0.1) is 0 Å². The average molecular weight is 327 g/mol. The highest BCUT2D eigenvalue weighted by molar-refractivity contribution is 6.67. The zero-order chi connectivity index (χ0) is 14.9. The Morgan fingerprint density at radius 3 is 1.43 bits per heavy atom. The number of rotatable bonds is 10. The molecule has 0 aromatic rings. The standard InChI is InChI=1S/C18H38OSi2/c1-3-5-15-20(17-11-7-8-12-17)19-21(16-6-4-2)18-13-9-10-14-18/h17-18,20-21H,3-16H2,1-2H3. The minimum absolute atomic E-state index is 0.899. The third kappa shape index (κ3) is 5.83. The Morgan fingerprint density at radius 2 is 1.10 bits per heavy atom. The van der Waals surface area contributed by atoms with Crippen LogP contribution in [0.3, 0.4) is 0 Å². The monoisotopic (exact) mass is 326 g/mol. The molecule has 0 aromatic heterocycles. The molecule has 0 radical (unpaired) electrons. The van der Waals surface area contributed by atoms with Gasteiger partial charge in [0.1, 0.15) is 0 Å². The van der Waals surface area contributed by atoms with Crippen molar-refractivity contribution in [1.29, 1.82) is 0 Å². The minimum Gasteiger partial charge on any atom is -0.459 e. The van der Waals surface area contributed by atoms with Crippen molar-refractivity contribution < 1.29 is 4.12 Å². The van der Waals surface area contributed by atoms with Crippen LogP contribution in [-0.4, -0.2) is 18.1 Å². The second kappa shape index (κ2) is 10.2. The molecule has 2 aliphatic carbocycles. The van der Waals surface area contributed by atoms with E-state index in [0.29, 0.717) is 0 Å². The van der Waals surface area contributed by atoms with Gasteiger partial charge in [-0.05, 0) is 23.2 Å². The lowest BCUT2D eigenvalue weighted by atomic mass is 10.4. The van der Waals surface area contributed by atoms with E-state index in [-0.39, 0.29) is 0 Å². The maximum absolute atomic E-state index is 7.10. The Bertz CT molecular complexity index is 234. The van der Waals surface area contributed by atoms with Crippen molar-refractivity contribution in [2.24, 2.45) is 0 Å². The fraction of sp³-hybridized carbons (Fsp3) is 1.00. The van der Waals surface area contributed by atoms with Crippen molar-refractivity contribution in [3.05, 3.63) is 0 Å². The first-order valence-corrected chi connectivity index (χ1v) is 13.9. The molecule has 2 saturated carbocycles. The summed E-state index contributed by atoms with van der Waals surface area (Å²) in [6.45, 7) is 4.70. The summed E-state index contributed by atoms with van der Waals surface area (Å²) in [7, 11) is -1.80. The summed E-state index contributed by atoms with van der Waals surface area (Å²) in [5.41, 5.74) is 2.10. The van der Waals surface area contributed by atoms with Gasteiger partial charge in [-0.1, -0.05) is 90.9 Å². The quantitative estimate of drug-likeness (QED) is 0.451. The Balaban J connectivity index is 1.91.